The average molecular weight is 328 g/mol. The summed E-state index contributed by atoms with van der Waals surface area (Å²) < 4.78 is 1.81. The van der Waals surface area contributed by atoms with Gasteiger partial charge in [0.1, 0.15) is 6.33 Å². The molecule has 0 saturated heterocycles. The van der Waals surface area contributed by atoms with Crippen LogP contribution in [0.1, 0.15) is 19.4 Å². The average Bonchev–Trinajstić information content (AvgIpc) is 3.01. The molecule has 0 N–H and O–H groups in total. The Bertz CT molecular complexity index is 778. The number of nitrogens with zero attached hydrogens (tertiary/aromatic N) is 4. The van der Waals surface area contributed by atoms with Crippen molar-refractivity contribution in [3.63, 3.8) is 0 Å². The predicted octanol–water partition coefficient (Wildman–Crippen LogP) is 2.79. The fourth-order valence-corrected chi connectivity index (χ4v) is 3.70. The predicted molar refractivity (Wildman–Crippen MR) is 92.7 cm³/mol. The molecule has 1 aliphatic heterocycles. The SMILES string of the molecule is CN1/C(=C/C(=O)CSc2nncn2C)C(C)(C)c2ccccc21. The van der Waals surface area contributed by atoms with Gasteiger partial charge in [0.05, 0.1) is 5.75 Å². The monoisotopic (exact) mass is 328 g/mol. The van der Waals surface area contributed by atoms with E-state index in [-0.39, 0.29) is 11.2 Å². The van der Waals surface area contributed by atoms with Crippen LogP contribution in [0.15, 0.2) is 47.5 Å². The first-order chi connectivity index (χ1) is 10.9. The Kier molecular flexibility index (Phi) is 4.02. The number of benzene rings is 1. The molecule has 0 amide bonds. The van der Waals surface area contributed by atoms with Gasteiger partial charge in [0, 0.05) is 37.0 Å². The Hall–Kier alpha value is -2.08. The van der Waals surface area contributed by atoms with Gasteiger partial charge in [0.15, 0.2) is 10.9 Å². The van der Waals surface area contributed by atoms with Crippen molar-refractivity contribution in [2.45, 2.75) is 24.4 Å². The molecule has 23 heavy (non-hydrogen) atoms. The summed E-state index contributed by atoms with van der Waals surface area (Å²) in [5.74, 6) is 0.441. The Balaban J connectivity index is 1.80. The maximum Gasteiger partial charge on any atom is 0.191 e. The molecule has 1 aromatic carbocycles. The van der Waals surface area contributed by atoms with E-state index in [0.717, 1.165) is 16.5 Å². The van der Waals surface area contributed by atoms with Gasteiger partial charge in [-0.2, -0.15) is 0 Å². The van der Waals surface area contributed by atoms with Gasteiger partial charge < -0.3 is 9.47 Å². The largest absolute Gasteiger partial charge is 0.347 e. The number of thioether (sulfide) groups is 1. The van der Waals surface area contributed by atoms with Crippen LogP contribution < -0.4 is 4.90 Å². The van der Waals surface area contributed by atoms with E-state index in [2.05, 4.69) is 41.1 Å². The number of anilines is 1. The van der Waals surface area contributed by atoms with Crippen molar-refractivity contribution < 1.29 is 4.79 Å². The molecule has 1 aliphatic rings. The molecule has 0 spiro atoms. The van der Waals surface area contributed by atoms with Crippen molar-refractivity contribution in [3.8, 4) is 0 Å². The number of rotatable bonds is 4. The molecule has 0 radical (unpaired) electrons. The molecule has 0 atom stereocenters. The number of carbonyl (C=O) groups excluding carboxylic acids is 1. The standard InChI is InChI=1S/C17H20N4OS/c1-17(2)13-7-5-6-8-14(13)21(4)15(17)9-12(22)10-23-16-19-18-11-20(16)3/h5-9,11H,10H2,1-4H3/b15-9+. The van der Waals surface area contributed by atoms with Crippen molar-refractivity contribution in [2.24, 2.45) is 7.05 Å². The summed E-state index contributed by atoms with van der Waals surface area (Å²) in [6.07, 6.45) is 3.40. The zero-order valence-corrected chi connectivity index (χ0v) is 14.6. The normalized spacial score (nSPS) is 17.6. The lowest BCUT2D eigenvalue weighted by Crippen LogP contribution is -2.24. The number of carbonyl (C=O) groups is 1. The molecule has 120 valence electrons. The number of aryl methyl sites for hydroxylation is 1. The minimum atomic E-state index is -0.170. The second-order valence-corrected chi connectivity index (χ2v) is 7.15. The number of hydrogen-bond acceptors (Lipinski definition) is 5. The van der Waals surface area contributed by atoms with Crippen LogP contribution in [0.4, 0.5) is 5.69 Å². The van der Waals surface area contributed by atoms with Crippen molar-refractivity contribution in [1.82, 2.24) is 14.8 Å². The summed E-state index contributed by atoms with van der Waals surface area (Å²) in [5, 5.41) is 8.56. The molecular formula is C17H20N4OS. The molecular weight excluding hydrogens is 308 g/mol. The summed E-state index contributed by atoms with van der Waals surface area (Å²) in [7, 11) is 3.89. The maximum absolute atomic E-state index is 12.4. The van der Waals surface area contributed by atoms with Crippen LogP contribution in [-0.2, 0) is 17.3 Å². The zero-order chi connectivity index (χ0) is 16.6. The van der Waals surface area contributed by atoms with Gasteiger partial charge in [-0.1, -0.05) is 43.8 Å². The molecule has 0 fully saturated rings. The minimum Gasteiger partial charge on any atom is -0.347 e. The topological polar surface area (TPSA) is 51.0 Å². The van der Waals surface area contributed by atoms with E-state index in [0.29, 0.717) is 5.75 Å². The molecule has 5 nitrogen and oxygen atoms in total. The molecule has 0 saturated carbocycles. The van der Waals surface area contributed by atoms with Gasteiger partial charge in [-0.3, -0.25) is 4.79 Å². The number of fused-ring (bicyclic) bond motifs is 1. The summed E-state index contributed by atoms with van der Waals surface area (Å²) in [6.45, 7) is 4.31. The molecule has 2 aromatic rings. The minimum absolute atomic E-state index is 0.0840. The van der Waals surface area contributed by atoms with E-state index in [1.807, 2.05) is 30.8 Å². The quantitative estimate of drug-likeness (QED) is 0.638. The van der Waals surface area contributed by atoms with Gasteiger partial charge in [-0.15, -0.1) is 10.2 Å². The molecule has 1 aromatic heterocycles. The second kappa shape index (κ2) is 5.85. The molecule has 0 unspecified atom stereocenters. The Morgan fingerprint density at radius 1 is 1.30 bits per heavy atom. The lowest BCUT2D eigenvalue weighted by Gasteiger charge is -2.23. The summed E-state index contributed by atoms with van der Waals surface area (Å²) in [6, 6.07) is 8.30. The summed E-state index contributed by atoms with van der Waals surface area (Å²) >= 11 is 1.41. The van der Waals surface area contributed by atoms with Crippen LogP contribution in [-0.4, -0.2) is 33.3 Å². The third kappa shape index (κ3) is 2.79. The molecule has 6 heteroatoms. The van der Waals surface area contributed by atoms with E-state index < -0.39 is 0 Å². The Morgan fingerprint density at radius 2 is 2.04 bits per heavy atom. The second-order valence-electron chi connectivity index (χ2n) is 6.21. The highest BCUT2D eigenvalue weighted by atomic mass is 32.2. The van der Waals surface area contributed by atoms with E-state index in [4.69, 9.17) is 0 Å². The Labute approximate surface area is 140 Å². The van der Waals surface area contributed by atoms with Crippen LogP contribution >= 0.6 is 11.8 Å². The highest BCUT2D eigenvalue weighted by Crippen LogP contribution is 2.46. The van der Waals surface area contributed by atoms with Gasteiger partial charge in [0.25, 0.3) is 0 Å². The van der Waals surface area contributed by atoms with Gasteiger partial charge in [-0.05, 0) is 11.6 Å². The summed E-state index contributed by atoms with van der Waals surface area (Å²) in [5.41, 5.74) is 3.28. The van der Waals surface area contributed by atoms with E-state index >= 15 is 0 Å². The van der Waals surface area contributed by atoms with Crippen LogP contribution in [0, 0.1) is 0 Å². The number of allylic oxidation sites excluding steroid dienone is 2. The number of para-hydroxylation sites is 1. The lowest BCUT2D eigenvalue weighted by molar-refractivity contribution is -0.112. The van der Waals surface area contributed by atoms with Crippen molar-refractivity contribution in [1.29, 1.82) is 0 Å². The number of likely N-dealkylation sites (N-methyl/N-ethyl adjacent to an activating group) is 1. The highest BCUT2D eigenvalue weighted by molar-refractivity contribution is 7.99. The molecule has 0 aliphatic carbocycles. The van der Waals surface area contributed by atoms with Crippen LogP contribution in [0.25, 0.3) is 0 Å². The molecule has 3 rings (SSSR count). The van der Waals surface area contributed by atoms with Crippen molar-refractivity contribution in [2.75, 3.05) is 17.7 Å². The van der Waals surface area contributed by atoms with E-state index in [1.54, 1.807) is 12.4 Å². The highest BCUT2D eigenvalue weighted by Gasteiger charge is 2.38. The summed E-state index contributed by atoms with van der Waals surface area (Å²) in [4.78, 5) is 14.5. The lowest BCUT2D eigenvalue weighted by atomic mass is 9.83. The first kappa shape index (κ1) is 15.8. The maximum atomic E-state index is 12.4. The van der Waals surface area contributed by atoms with Crippen molar-refractivity contribution in [3.05, 3.63) is 47.9 Å². The van der Waals surface area contributed by atoms with Gasteiger partial charge in [-0.25, -0.2) is 0 Å². The fraction of sp³-hybridized carbons (Fsp3) is 0.353. The number of hydrogen-bond donors (Lipinski definition) is 0. The Morgan fingerprint density at radius 3 is 2.70 bits per heavy atom. The number of aromatic nitrogens is 3. The van der Waals surface area contributed by atoms with Gasteiger partial charge >= 0.3 is 0 Å². The molecule has 2 heterocycles. The smallest absolute Gasteiger partial charge is 0.191 e. The van der Waals surface area contributed by atoms with E-state index in [9.17, 15) is 4.79 Å². The first-order valence-electron chi connectivity index (χ1n) is 7.46. The zero-order valence-electron chi connectivity index (χ0n) is 13.8. The fourth-order valence-electron chi connectivity index (χ4n) is 2.99. The van der Waals surface area contributed by atoms with Gasteiger partial charge in [0.2, 0.25) is 0 Å². The van der Waals surface area contributed by atoms with Crippen LogP contribution in [0.3, 0.4) is 0 Å². The van der Waals surface area contributed by atoms with Crippen molar-refractivity contribution >= 4 is 23.2 Å². The van der Waals surface area contributed by atoms with Crippen LogP contribution in [0.2, 0.25) is 0 Å². The van der Waals surface area contributed by atoms with E-state index in [1.165, 1.54) is 17.3 Å². The first-order valence-corrected chi connectivity index (χ1v) is 8.45. The third-order valence-electron chi connectivity index (χ3n) is 4.25. The van der Waals surface area contributed by atoms with Crippen LogP contribution in [0.5, 0.6) is 0 Å². The third-order valence-corrected chi connectivity index (χ3v) is 5.31. The molecule has 0 bridgehead atoms. The number of ketones is 1.